The van der Waals surface area contributed by atoms with Crippen molar-refractivity contribution in [2.75, 3.05) is 18.6 Å². The van der Waals surface area contributed by atoms with Crippen LogP contribution in [0.1, 0.15) is 6.42 Å². The van der Waals surface area contributed by atoms with Crippen LogP contribution in [-0.2, 0) is 25.9 Å². The fraction of sp³-hybridized carbons (Fsp3) is 0.750. The topological polar surface area (TPSA) is 104 Å². The van der Waals surface area contributed by atoms with Gasteiger partial charge in [0.05, 0.1) is 18.6 Å². The number of aromatic nitrogens is 4. The monoisotopic (exact) mass is 292 g/mol. The maximum absolute atomic E-state index is 11.3. The van der Waals surface area contributed by atoms with Crippen molar-refractivity contribution in [2.24, 2.45) is 0 Å². The Morgan fingerprint density at radius 3 is 3.00 bits per heavy atom. The largest absolute Gasteiger partial charge is 0.468 e. The predicted molar refractivity (Wildman–Crippen MR) is 62.7 cm³/mol. The Labute approximate surface area is 108 Å². The Bertz CT molecular complexity index is 541. The molecule has 10 heteroatoms. The van der Waals surface area contributed by atoms with Gasteiger partial charge < -0.3 is 4.74 Å². The molecular formula is C8H12N4O4S2. The summed E-state index contributed by atoms with van der Waals surface area (Å²) in [5, 5.41) is 11.3. The molecule has 1 aliphatic heterocycles. The zero-order chi connectivity index (χ0) is 13.2. The summed E-state index contributed by atoms with van der Waals surface area (Å²) >= 11 is 1.28. The first-order valence-electron chi connectivity index (χ1n) is 5.20. The van der Waals surface area contributed by atoms with Crippen LogP contribution in [0.5, 0.6) is 0 Å². The van der Waals surface area contributed by atoms with E-state index < -0.39 is 15.8 Å². The number of tetrazole rings is 1. The van der Waals surface area contributed by atoms with Gasteiger partial charge in [0.2, 0.25) is 5.16 Å². The predicted octanol–water partition coefficient (Wildman–Crippen LogP) is -0.875. The number of sulfone groups is 1. The minimum absolute atomic E-state index is 0.0580. The lowest BCUT2D eigenvalue weighted by molar-refractivity contribution is -0.141. The maximum Gasteiger partial charge on any atom is 0.327 e. The van der Waals surface area contributed by atoms with E-state index in [1.165, 1.54) is 23.6 Å². The first-order valence-corrected chi connectivity index (χ1v) is 7.90. The molecule has 1 fully saturated rings. The summed E-state index contributed by atoms with van der Waals surface area (Å²) in [4.78, 5) is 11.1. The van der Waals surface area contributed by atoms with E-state index >= 15 is 0 Å². The minimum atomic E-state index is -2.93. The second-order valence-electron chi connectivity index (χ2n) is 3.84. The Morgan fingerprint density at radius 1 is 1.61 bits per heavy atom. The lowest BCUT2D eigenvalue weighted by Crippen LogP contribution is -2.15. The number of esters is 1. The highest BCUT2D eigenvalue weighted by Gasteiger charge is 2.30. The van der Waals surface area contributed by atoms with Gasteiger partial charge in [-0.3, -0.25) is 4.79 Å². The van der Waals surface area contributed by atoms with Gasteiger partial charge in [0.15, 0.2) is 9.84 Å². The van der Waals surface area contributed by atoms with E-state index in [-0.39, 0.29) is 23.3 Å². The van der Waals surface area contributed by atoms with Crippen molar-refractivity contribution in [3.05, 3.63) is 0 Å². The molecule has 0 radical (unpaired) electrons. The van der Waals surface area contributed by atoms with Crippen molar-refractivity contribution in [3.8, 4) is 0 Å². The molecule has 1 saturated heterocycles. The van der Waals surface area contributed by atoms with Gasteiger partial charge in [-0.05, 0) is 16.8 Å². The second kappa shape index (κ2) is 5.22. The van der Waals surface area contributed by atoms with Crippen LogP contribution in [-0.4, -0.2) is 58.5 Å². The lowest BCUT2D eigenvalue weighted by atomic mass is 10.4. The number of rotatable bonds is 4. The first kappa shape index (κ1) is 13.3. The second-order valence-corrected chi connectivity index (χ2v) is 7.33. The van der Waals surface area contributed by atoms with Gasteiger partial charge in [0, 0.05) is 5.25 Å². The molecule has 0 bridgehead atoms. The normalized spacial score (nSPS) is 21.9. The number of thioether (sulfide) groups is 1. The summed E-state index contributed by atoms with van der Waals surface area (Å²) in [6, 6.07) is 0. The molecule has 1 aromatic rings. The van der Waals surface area contributed by atoms with Gasteiger partial charge in [-0.15, -0.1) is 5.10 Å². The molecule has 2 rings (SSSR count). The van der Waals surface area contributed by atoms with E-state index in [0.29, 0.717) is 11.6 Å². The number of nitrogens with zero attached hydrogens (tertiary/aromatic N) is 4. The number of hydrogen-bond acceptors (Lipinski definition) is 8. The molecule has 8 nitrogen and oxygen atoms in total. The van der Waals surface area contributed by atoms with Gasteiger partial charge in [0.1, 0.15) is 6.54 Å². The zero-order valence-electron chi connectivity index (χ0n) is 9.64. The molecular weight excluding hydrogens is 280 g/mol. The van der Waals surface area contributed by atoms with E-state index in [9.17, 15) is 13.2 Å². The number of carbonyl (C=O) groups is 1. The summed E-state index contributed by atoms with van der Waals surface area (Å²) in [7, 11) is -1.65. The third kappa shape index (κ3) is 3.19. The van der Waals surface area contributed by atoms with Crippen LogP contribution >= 0.6 is 11.8 Å². The number of carbonyl (C=O) groups excluding carboxylic acids is 1. The molecule has 0 aliphatic carbocycles. The average Bonchev–Trinajstić information content (AvgIpc) is 2.86. The molecule has 0 N–H and O–H groups in total. The molecule has 18 heavy (non-hydrogen) atoms. The third-order valence-electron chi connectivity index (χ3n) is 2.47. The molecule has 0 spiro atoms. The van der Waals surface area contributed by atoms with Crippen LogP contribution in [0.25, 0.3) is 0 Å². The highest BCUT2D eigenvalue weighted by molar-refractivity contribution is 8.01. The fourth-order valence-corrected chi connectivity index (χ4v) is 5.00. The van der Waals surface area contributed by atoms with Crippen molar-refractivity contribution in [1.29, 1.82) is 0 Å². The lowest BCUT2D eigenvalue weighted by Gasteiger charge is -2.06. The molecule has 0 amide bonds. The molecule has 2 heterocycles. The van der Waals surface area contributed by atoms with Crippen molar-refractivity contribution < 1.29 is 17.9 Å². The molecule has 0 saturated carbocycles. The molecule has 0 aromatic carbocycles. The molecule has 100 valence electrons. The van der Waals surface area contributed by atoms with Gasteiger partial charge in [-0.1, -0.05) is 11.8 Å². The highest BCUT2D eigenvalue weighted by atomic mass is 32.2. The van der Waals surface area contributed by atoms with Gasteiger partial charge >= 0.3 is 5.97 Å². The summed E-state index contributed by atoms with van der Waals surface area (Å²) in [6.45, 7) is -0.0781. The smallest absolute Gasteiger partial charge is 0.327 e. The number of ether oxygens (including phenoxy) is 1. The maximum atomic E-state index is 11.3. The van der Waals surface area contributed by atoms with E-state index in [0.717, 1.165) is 0 Å². The van der Waals surface area contributed by atoms with Gasteiger partial charge in [0.25, 0.3) is 0 Å². The van der Waals surface area contributed by atoms with Crippen LogP contribution in [0, 0.1) is 0 Å². The third-order valence-corrected chi connectivity index (χ3v) is 5.69. The van der Waals surface area contributed by atoms with Crippen molar-refractivity contribution >= 4 is 27.6 Å². The van der Waals surface area contributed by atoms with Crippen LogP contribution in [0.15, 0.2) is 5.16 Å². The Kier molecular flexibility index (Phi) is 3.85. The zero-order valence-corrected chi connectivity index (χ0v) is 11.3. The number of hydrogen-bond donors (Lipinski definition) is 0. The molecule has 1 aliphatic rings. The molecule has 1 atom stereocenters. The van der Waals surface area contributed by atoms with E-state index in [2.05, 4.69) is 20.3 Å². The Morgan fingerprint density at radius 2 is 2.39 bits per heavy atom. The SMILES string of the molecule is COC(=O)Cn1nnnc1SC1CCS(=O)(=O)C1. The molecule has 1 aromatic heterocycles. The Balaban J connectivity index is 2.02. The van der Waals surface area contributed by atoms with Gasteiger partial charge in [-0.25, -0.2) is 13.1 Å². The van der Waals surface area contributed by atoms with Crippen molar-refractivity contribution in [3.63, 3.8) is 0 Å². The van der Waals surface area contributed by atoms with E-state index in [1.807, 2.05) is 0 Å². The molecule has 1 unspecified atom stereocenters. The highest BCUT2D eigenvalue weighted by Crippen LogP contribution is 2.29. The number of methoxy groups -OCH3 is 1. The van der Waals surface area contributed by atoms with Gasteiger partial charge in [-0.2, -0.15) is 0 Å². The summed E-state index contributed by atoms with van der Waals surface area (Å²) < 4.78 is 28.5. The summed E-state index contributed by atoms with van der Waals surface area (Å²) in [6.07, 6.45) is 0.581. The summed E-state index contributed by atoms with van der Waals surface area (Å²) in [5.74, 6) is -0.130. The quantitative estimate of drug-likeness (QED) is 0.659. The van der Waals surface area contributed by atoms with Crippen LogP contribution in [0.2, 0.25) is 0 Å². The standard InChI is InChI=1S/C8H12N4O4S2/c1-16-7(13)4-12-8(9-10-11-12)17-6-2-3-18(14,15)5-6/h6H,2-5H2,1H3. The van der Waals surface area contributed by atoms with Crippen LogP contribution in [0.3, 0.4) is 0 Å². The van der Waals surface area contributed by atoms with E-state index in [1.54, 1.807) is 0 Å². The summed E-state index contributed by atoms with van der Waals surface area (Å²) in [5.41, 5.74) is 0. The van der Waals surface area contributed by atoms with E-state index in [4.69, 9.17) is 0 Å². The minimum Gasteiger partial charge on any atom is -0.468 e. The first-order chi connectivity index (χ1) is 8.50. The Hall–Kier alpha value is -1.16. The van der Waals surface area contributed by atoms with Crippen LogP contribution < -0.4 is 0 Å². The van der Waals surface area contributed by atoms with Crippen LogP contribution in [0.4, 0.5) is 0 Å². The van der Waals surface area contributed by atoms with Crippen molar-refractivity contribution in [2.45, 2.75) is 23.4 Å². The van der Waals surface area contributed by atoms with Crippen molar-refractivity contribution in [1.82, 2.24) is 20.2 Å². The fourth-order valence-electron chi connectivity index (χ4n) is 1.57. The average molecular weight is 292 g/mol.